The van der Waals surface area contributed by atoms with Gasteiger partial charge in [0.15, 0.2) is 0 Å². The van der Waals surface area contributed by atoms with E-state index in [1.54, 1.807) is 6.92 Å². The number of amides is 2. The highest BCUT2D eigenvalue weighted by atomic mass is 16.5. The van der Waals surface area contributed by atoms with E-state index in [1.165, 1.54) is 0 Å². The first kappa shape index (κ1) is 14.8. The average Bonchev–Trinajstić information content (AvgIpc) is 3.01. The van der Waals surface area contributed by atoms with Crippen LogP contribution in [-0.4, -0.2) is 16.2 Å². The first-order valence-corrected chi connectivity index (χ1v) is 7.20. The number of hydrogen-bond acceptors (Lipinski definition) is 4. The van der Waals surface area contributed by atoms with Gasteiger partial charge in [0.1, 0.15) is 0 Å². The fourth-order valence-corrected chi connectivity index (χ4v) is 2.07. The Balaban J connectivity index is 1.55. The van der Waals surface area contributed by atoms with Crippen LogP contribution in [0, 0.1) is 6.92 Å². The Morgan fingerprint density at radius 2 is 1.83 bits per heavy atom. The predicted molar refractivity (Wildman–Crippen MR) is 86.8 cm³/mol. The van der Waals surface area contributed by atoms with Gasteiger partial charge in [-0.25, -0.2) is 4.79 Å². The van der Waals surface area contributed by atoms with E-state index in [2.05, 4.69) is 20.8 Å². The Bertz CT molecular complexity index is 782. The Hall–Kier alpha value is -3.15. The zero-order valence-electron chi connectivity index (χ0n) is 12.6. The molecule has 0 saturated heterocycles. The number of anilines is 1. The number of urea groups is 1. The van der Waals surface area contributed by atoms with E-state index in [1.807, 2.05) is 54.6 Å². The molecular weight excluding hydrogens is 292 g/mol. The van der Waals surface area contributed by atoms with Crippen LogP contribution in [0.15, 0.2) is 59.1 Å². The summed E-state index contributed by atoms with van der Waals surface area (Å²) in [7, 11) is 0. The summed E-state index contributed by atoms with van der Waals surface area (Å²) < 4.78 is 4.96. The van der Waals surface area contributed by atoms with E-state index in [-0.39, 0.29) is 6.03 Å². The van der Waals surface area contributed by atoms with Crippen molar-refractivity contribution in [2.24, 2.45) is 0 Å². The average molecular weight is 308 g/mol. The van der Waals surface area contributed by atoms with Crippen molar-refractivity contribution in [3.63, 3.8) is 0 Å². The van der Waals surface area contributed by atoms with E-state index in [0.29, 0.717) is 18.3 Å². The van der Waals surface area contributed by atoms with Crippen molar-refractivity contribution < 1.29 is 9.32 Å². The number of nitrogens with one attached hydrogen (secondary N) is 2. The number of carbonyl (C=O) groups excluding carboxylic acids is 1. The smallest absolute Gasteiger partial charge is 0.319 e. The molecule has 1 aromatic heterocycles. The summed E-state index contributed by atoms with van der Waals surface area (Å²) in [5, 5.41) is 9.45. The SMILES string of the molecule is Cc1nc(-c2ccc(CNC(=O)Nc3ccccc3)cc2)no1. The maximum absolute atomic E-state index is 11.8. The lowest BCUT2D eigenvalue weighted by molar-refractivity contribution is 0.251. The van der Waals surface area contributed by atoms with Crippen molar-refractivity contribution in [1.29, 1.82) is 0 Å². The number of nitrogens with zero attached hydrogens (tertiary/aromatic N) is 2. The number of aryl methyl sites for hydroxylation is 1. The molecule has 0 unspecified atom stereocenters. The third-order valence-corrected chi connectivity index (χ3v) is 3.22. The van der Waals surface area contributed by atoms with Crippen LogP contribution in [0.4, 0.5) is 10.5 Å². The molecule has 0 saturated carbocycles. The van der Waals surface area contributed by atoms with Crippen molar-refractivity contribution in [3.8, 4) is 11.4 Å². The van der Waals surface area contributed by atoms with Crippen LogP contribution in [0.25, 0.3) is 11.4 Å². The number of para-hydroxylation sites is 1. The summed E-state index contributed by atoms with van der Waals surface area (Å²) >= 11 is 0. The van der Waals surface area contributed by atoms with Crippen molar-refractivity contribution >= 4 is 11.7 Å². The van der Waals surface area contributed by atoms with Gasteiger partial charge in [0.05, 0.1) is 0 Å². The van der Waals surface area contributed by atoms with Crippen molar-refractivity contribution in [2.75, 3.05) is 5.32 Å². The molecule has 1 heterocycles. The van der Waals surface area contributed by atoms with E-state index in [4.69, 9.17) is 4.52 Å². The van der Waals surface area contributed by atoms with Crippen LogP contribution in [0.2, 0.25) is 0 Å². The number of rotatable bonds is 4. The summed E-state index contributed by atoms with van der Waals surface area (Å²) in [6.45, 7) is 2.18. The molecule has 0 atom stereocenters. The van der Waals surface area contributed by atoms with Crippen LogP contribution in [0.3, 0.4) is 0 Å². The summed E-state index contributed by atoms with van der Waals surface area (Å²) in [6.07, 6.45) is 0. The van der Waals surface area contributed by atoms with Gasteiger partial charge in [-0.05, 0) is 17.7 Å². The highest BCUT2D eigenvalue weighted by molar-refractivity contribution is 5.89. The topological polar surface area (TPSA) is 80.0 Å². The van der Waals surface area contributed by atoms with E-state index < -0.39 is 0 Å². The summed E-state index contributed by atoms with van der Waals surface area (Å²) in [5.41, 5.74) is 2.62. The standard InChI is InChI=1S/C17H16N4O2/c1-12-19-16(21-23-12)14-9-7-13(8-10-14)11-18-17(22)20-15-5-3-2-4-6-15/h2-10H,11H2,1H3,(H2,18,20,22). The predicted octanol–water partition coefficient (Wildman–Crippen LogP) is 3.37. The van der Waals surface area contributed by atoms with Crippen molar-refractivity contribution in [1.82, 2.24) is 15.5 Å². The van der Waals surface area contributed by atoms with Crippen LogP contribution >= 0.6 is 0 Å². The molecule has 0 aliphatic carbocycles. The Labute approximate surface area is 133 Å². The van der Waals surface area contributed by atoms with Gasteiger partial charge in [-0.3, -0.25) is 0 Å². The lowest BCUT2D eigenvalue weighted by Crippen LogP contribution is -2.28. The van der Waals surface area contributed by atoms with Gasteiger partial charge in [0.25, 0.3) is 0 Å². The van der Waals surface area contributed by atoms with Gasteiger partial charge in [-0.2, -0.15) is 4.98 Å². The second-order valence-corrected chi connectivity index (χ2v) is 5.01. The number of carbonyl (C=O) groups is 1. The fraction of sp³-hybridized carbons (Fsp3) is 0.118. The maximum Gasteiger partial charge on any atom is 0.319 e. The maximum atomic E-state index is 11.8. The van der Waals surface area contributed by atoms with Crippen LogP contribution in [0.5, 0.6) is 0 Å². The van der Waals surface area contributed by atoms with Crippen molar-refractivity contribution in [3.05, 3.63) is 66.1 Å². The Morgan fingerprint density at radius 3 is 2.48 bits per heavy atom. The quantitative estimate of drug-likeness (QED) is 0.774. The van der Waals surface area contributed by atoms with Crippen LogP contribution < -0.4 is 10.6 Å². The Morgan fingerprint density at radius 1 is 1.09 bits per heavy atom. The molecule has 0 aliphatic heterocycles. The minimum Gasteiger partial charge on any atom is -0.339 e. The minimum absolute atomic E-state index is 0.242. The molecule has 2 amide bonds. The first-order chi connectivity index (χ1) is 11.2. The molecule has 23 heavy (non-hydrogen) atoms. The number of hydrogen-bond donors (Lipinski definition) is 2. The van der Waals surface area contributed by atoms with Gasteiger partial charge in [-0.1, -0.05) is 47.6 Å². The van der Waals surface area contributed by atoms with Gasteiger partial charge in [-0.15, -0.1) is 0 Å². The van der Waals surface area contributed by atoms with Crippen molar-refractivity contribution in [2.45, 2.75) is 13.5 Å². The molecule has 6 heteroatoms. The molecular formula is C17H16N4O2. The summed E-state index contributed by atoms with van der Waals surface area (Å²) in [6, 6.07) is 16.7. The molecule has 6 nitrogen and oxygen atoms in total. The summed E-state index contributed by atoms with van der Waals surface area (Å²) in [4.78, 5) is 16.0. The van der Waals surface area contributed by atoms with E-state index in [9.17, 15) is 4.79 Å². The highest BCUT2D eigenvalue weighted by Gasteiger charge is 2.06. The van der Waals surface area contributed by atoms with Crippen LogP contribution in [-0.2, 0) is 6.54 Å². The third kappa shape index (κ3) is 3.94. The highest BCUT2D eigenvalue weighted by Crippen LogP contribution is 2.16. The van der Waals surface area contributed by atoms with Gasteiger partial charge in [0, 0.05) is 24.7 Å². The van der Waals surface area contributed by atoms with Crippen LogP contribution in [0.1, 0.15) is 11.5 Å². The fourth-order valence-electron chi connectivity index (χ4n) is 2.07. The minimum atomic E-state index is -0.242. The zero-order chi connectivity index (χ0) is 16.1. The number of benzene rings is 2. The van der Waals surface area contributed by atoms with E-state index >= 15 is 0 Å². The molecule has 116 valence electrons. The second kappa shape index (κ2) is 6.74. The molecule has 3 aromatic rings. The molecule has 0 spiro atoms. The zero-order valence-corrected chi connectivity index (χ0v) is 12.6. The molecule has 2 N–H and O–H groups in total. The molecule has 2 aromatic carbocycles. The normalized spacial score (nSPS) is 10.3. The van der Waals surface area contributed by atoms with Gasteiger partial charge >= 0.3 is 6.03 Å². The van der Waals surface area contributed by atoms with Gasteiger partial charge in [0.2, 0.25) is 11.7 Å². The summed E-state index contributed by atoms with van der Waals surface area (Å²) in [5.74, 6) is 1.09. The van der Waals surface area contributed by atoms with E-state index in [0.717, 1.165) is 16.8 Å². The molecule has 0 radical (unpaired) electrons. The third-order valence-electron chi connectivity index (χ3n) is 3.22. The largest absolute Gasteiger partial charge is 0.339 e. The second-order valence-electron chi connectivity index (χ2n) is 5.01. The lowest BCUT2D eigenvalue weighted by atomic mass is 10.1. The number of aromatic nitrogens is 2. The molecule has 0 aliphatic rings. The molecule has 0 bridgehead atoms. The van der Waals surface area contributed by atoms with Gasteiger partial charge < -0.3 is 15.2 Å². The molecule has 0 fully saturated rings. The monoisotopic (exact) mass is 308 g/mol. The molecule has 3 rings (SSSR count). The lowest BCUT2D eigenvalue weighted by Gasteiger charge is -2.07. The Kier molecular flexibility index (Phi) is 4.33. The first-order valence-electron chi connectivity index (χ1n) is 7.20.